The average molecular weight is 221 g/mol. The SMILES string of the molecule is OC1(C[SiH2]c2ccccn2)CCCCC1. The van der Waals surface area contributed by atoms with E-state index in [9.17, 15) is 5.11 Å². The zero-order valence-electron chi connectivity index (χ0n) is 9.15. The van der Waals surface area contributed by atoms with E-state index in [2.05, 4.69) is 11.1 Å². The molecule has 15 heavy (non-hydrogen) atoms. The maximum atomic E-state index is 10.3. The first-order chi connectivity index (χ1) is 7.29. The number of pyridine rings is 1. The minimum Gasteiger partial charge on any atom is -0.390 e. The van der Waals surface area contributed by atoms with Crippen LogP contribution >= 0.6 is 0 Å². The van der Waals surface area contributed by atoms with Gasteiger partial charge < -0.3 is 5.11 Å². The number of nitrogens with zero attached hydrogens (tertiary/aromatic N) is 1. The summed E-state index contributed by atoms with van der Waals surface area (Å²) in [5, 5.41) is 11.6. The van der Waals surface area contributed by atoms with E-state index < -0.39 is 0 Å². The predicted octanol–water partition coefficient (Wildman–Crippen LogP) is 0.989. The van der Waals surface area contributed by atoms with Crippen molar-refractivity contribution < 1.29 is 5.11 Å². The molecule has 2 nitrogen and oxygen atoms in total. The fourth-order valence-electron chi connectivity index (χ4n) is 2.37. The maximum absolute atomic E-state index is 10.3. The molecule has 3 heteroatoms. The second kappa shape index (κ2) is 4.90. The van der Waals surface area contributed by atoms with Crippen molar-refractivity contribution >= 4 is 14.8 Å². The second-order valence-electron chi connectivity index (χ2n) is 4.61. The van der Waals surface area contributed by atoms with E-state index in [1.54, 1.807) is 0 Å². The van der Waals surface area contributed by atoms with Gasteiger partial charge in [0.1, 0.15) is 0 Å². The summed E-state index contributed by atoms with van der Waals surface area (Å²) in [5.41, 5.74) is -0.345. The summed E-state index contributed by atoms with van der Waals surface area (Å²) >= 11 is 0. The van der Waals surface area contributed by atoms with Gasteiger partial charge in [-0.25, -0.2) is 0 Å². The van der Waals surface area contributed by atoms with Crippen LogP contribution in [0.15, 0.2) is 24.4 Å². The van der Waals surface area contributed by atoms with Crippen molar-refractivity contribution in [3.63, 3.8) is 0 Å². The summed E-state index contributed by atoms with van der Waals surface area (Å²) in [6.45, 7) is 0. The summed E-state index contributed by atoms with van der Waals surface area (Å²) in [6, 6.07) is 7.09. The highest BCUT2D eigenvalue weighted by Gasteiger charge is 2.28. The molecule has 0 unspecified atom stereocenters. The third-order valence-corrected chi connectivity index (χ3v) is 5.47. The van der Waals surface area contributed by atoms with E-state index in [4.69, 9.17) is 0 Å². The Labute approximate surface area is 93.6 Å². The van der Waals surface area contributed by atoms with Crippen LogP contribution in [0.2, 0.25) is 6.04 Å². The molecule has 0 spiro atoms. The third kappa shape index (κ3) is 3.14. The highest BCUT2D eigenvalue weighted by molar-refractivity contribution is 6.52. The second-order valence-corrected chi connectivity index (χ2v) is 6.33. The first-order valence-corrected chi connectivity index (χ1v) is 7.62. The molecule has 1 fully saturated rings. The molecule has 0 aliphatic heterocycles. The summed E-state index contributed by atoms with van der Waals surface area (Å²) < 4.78 is 0. The van der Waals surface area contributed by atoms with E-state index in [-0.39, 0.29) is 15.1 Å². The van der Waals surface area contributed by atoms with Crippen molar-refractivity contribution in [1.82, 2.24) is 4.98 Å². The van der Waals surface area contributed by atoms with E-state index in [1.807, 2.05) is 18.3 Å². The van der Waals surface area contributed by atoms with Gasteiger partial charge in [-0.2, -0.15) is 0 Å². The summed E-state index contributed by atoms with van der Waals surface area (Å²) in [6.07, 6.45) is 7.57. The van der Waals surface area contributed by atoms with Gasteiger partial charge in [-0.15, -0.1) is 0 Å². The third-order valence-electron chi connectivity index (χ3n) is 3.36. The van der Waals surface area contributed by atoms with E-state index in [1.165, 1.54) is 24.6 Å². The van der Waals surface area contributed by atoms with Gasteiger partial charge in [0.05, 0.1) is 15.1 Å². The molecule has 1 heterocycles. The van der Waals surface area contributed by atoms with Gasteiger partial charge in [0.25, 0.3) is 0 Å². The van der Waals surface area contributed by atoms with Gasteiger partial charge in [0.15, 0.2) is 0 Å². The highest BCUT2D eigenvalue weighted by atomic mass is 28.2. The molecule has 82 valence electrons. The Bertz CT molecular complexity index is 296. The monoisotopic (exact) mass is 221 g/mol. The van der Waals surface area contributed by atoms with Gasteiger partial charge in [0, 0.05) is 11.5 Å². The van der Waals surface area contributed by atoms with Crippen molar-refractivity contribution in [3.8, 4) is 0 Å². The Kier molecular flexibility index (Phi) is 3.54. The molecule has 2 rings (SSSR count). The van der Waals surface area contributed by atoms with Crippen LogP contribution in [0.5, 0.6) is 0 Å². The lowest BCUT2D eigenvalue weighted by Crippen LogP contribution is -2.35. The average Bonchev–Trinajstić information content (AvgIpc) is 2.29. The van der Waals surface area contributed by atoms with Crippen LogP contribution in [0.25, 0.3) is 0 Å². The van der Waals surface area contributed by atoms with Crippen LogP contribution < -0.4 is 5.32 Å². The fraction of sp³-hybridized carbons (Fsp3) is 0.583. The number of aromatic nitrogens is 1. The number of rotatable bonds is 3. The van der Waals surface area contributed by atoms with Crippen molar-refractivity contribution in [1.29, 1.82) is 0 Å². The Morgan fingerprint density at radius 3 is 2.73 bits per heavy atom. The highest BCUT2D eigenvalue weighted by Crippen LogP contribution is 2.30. The topological polar surface area (TPSA) is 33.1 Å². The summed E-state index contributed by atoms with van der Waals surface area (Å²) in [7, 11) is -0.374. The van der Waals surface area contributed by atoms with Crippen LogP contribution in [-0.4, -0.2) is 25.2 Å². The Morgan fingerprint density at radius 2 is 2.07 bits per heavy atom. The minimum atomic E-state index is -0.374. The molecule has 1 aromatic heterocycles. The van der Waals surface area contributed by atoms with E-state index in [0.717, 1.165) is 18.9 Å². The largest absolute Gasteiger partial charge is 0.390 e. The molecule has 0 bridgehead atoms. The van der Waals surface area contributed by atoms with Gasteiger partial charge in [-0.05, 0) is 31.0 Å². The normalized spacial score (nSPS) is 20.9. The van der Waals surface area contributed by atoms with E-state index >= 15 is 0 Å². The molecule has 1 saturated carbocycles. The van der Waals surface area contributed by atoms with Crippen molar-refractivity contribution in [3.05, 3.63) is 24.4 Å². The number of hydrogen-bond acceptors (Lipinski definition) is 2. The Hall–Kier alpha value is -0.673. The number of hydrogen-bond donors (Lipinski definition) is 1. The molecule has 0 radical (unpaired) electrons. The first kappa shape index (κ1) is 10.8. The summed E-state index contributed by atoms with van der Waals surface area (Å²) in [5.74, 6) is 0. The van der Waals surface area contributed by atoms with Gasteiger partial charge in [-0.3, -0.25) is 4.98 Å². The first-order valence-electron chi connectivity index (χ1n) is 5.91. The Balaban J connectivity index is 1.87. The minimum absolute atomic E-state index is 0.345. The van der Waals surface area contributed by atoms with Crippen molar-refractivity contribution in [2.24, 2.45) is 0 Å². The standard InChI is InChI=1S/C12H19NOSi/c14-12(7-3-1-4-8-12)10-15-11-6-2-5-9-13-11/h2,5-6,9,14H,1,3-4,7-8,10,15H2. The molecule has 0 amide bonds. The molecule has 0 aromatic carbocycles. The molecule has 1 N–H and O–H groups in total. The molecule has 1 aliphatic carbocycles. The van der Waals surface area contributed by atoms with Gasteiger partial charge >= 0.3 is 0 Å². The predicted molar refractivity (Wildman–Crippen MR) is 65.3 cm³/mol. The lowest BCUT2D eigenvalue weighted by Gasteiger charge is -2.31. The van der Waals surface area contributed by atoms with Crippen LogP contribution in [0, 0.1) is 0 Å². The number of aliphatic hydroxyl groups is 1. The molecular formula is C12H19NOSi. The molecule has 1 aromatic rings. The van der Waals surface area contributed by atoms with Gasteiger partial charge in [0.2, 0.25) is 0 Å². The van der Waals surface area contributed by atoms with Crippen LogP contribution in [-0.2, 0) is 0 Å². The van der Waals surface area contributed by atoms with Crippen molar-refractivity contribution in [2.75, 3.05) is 0 Å². The zero-order valence-corrected chi connectivity index (χ0v) is 10.6. The smallest absolute Gasteiger partial charge is 0.0813 e. The maximum Gasteiger partial charge on any atom is 0.0813 e. The molecule has 1 aliphatic rings. The zero-order chi connectivity index (χ0) is 10.6. The van der Waals surface area contributed by atoms with Crippen LogP contribution in [0.4, 0.5) is 0 Å². The van der Waals surface area contributed by atoms with E-state index in [0.29, 0.717) is 0 Å². The lowest BCUT2D eigenvalue weighted by atomic mass is 9.86. The quantitative estimate of drug-likeness (QED) is 0.772. The molecule has 0 saturated heterocycles. The van der Waals surface area contributed by atoms with Gasteiger partial charge in [-0.1, -0.05) is 25.3 Å². The van der Waals surface area contributed by atoms with Crippen molar-refractivity contribution in [2.45, 2.75) is 43.7 Å². The molecular weight excluding hydrogens is 202 g/mol. The van der Waals surface area contributed by atoms with Crippen LogP contribution in [0.3, 0.4) is 0 Å². The fourth-order valence-corrected chi connectivity index (χ4v) is 4.13. The molecule has 0 atom stereocenters. The van der Waals surface area contributed by atoms with Crippen LogP contribution in [0.1, 0.15) is 32.1 Å². The Morgan fingerprint density at radius 1 is 1.27 bits per heavy atom. The summed E-state index contributed by atoms with van der Waals surface area (Å²) in [4.78, 5) is 4.34. The lowest BCUT2D eigenvalue weighted by molar-refractivity contribution is 0.0228.